The van der Waals surface area contributed by atoms with Crippen LogP contribution in [-0.4, -0.2) is 11.4 Å². The fraction of sp³-hybridized carbons (Fsp3) is 0. The van der Waals surface area contributed by atoms with Gasteiger partial charge in [-0.25, -0.2) is 9.98 Å². The molecule has 0 saturated carbocycles. The maximum absolute atomic E-state index is 6.33. The van der Waals surface area contributed by atoms with E-state index in [2.05, 4.69) is 210 Å². The fourth-order valence-electron chi connectivity index (χ4n) is 11.6. The molecule has 411 valence electrons. The third-order valence-corrected chi connectivity index (χ3v) is 25.5. The van der Waals surface area contributed by atoms with Crippen LogP contribution in [0, 0.1) is 0 Å². The summed E-state index contributed by atoms with van der Waals surface area (Å²) in [5.74, 6) is 0. The summed E-state index contributed by atoms with van der Waals surface area (Å²) < 4.78 is 0. The summed E-state index contributed by atoms with van der Waals surface area (Å²) in [6, 6.07) is 53.4. The minimum Gasteiger partial charge on any atom is -0.656 e. The van der Waals surface area contributed by atoms with Gasteiger partial charge in [0.1, 0.15) is 0 Å². The minimum absolute atomic E-state index is 0. The summed E-state index contributed by atoms with van der Waals surface area (Å²) in [6.07, 6.45) is 0. The van der Waals surface area contributed by atoms with Gasteiger partial charge in [-0.05, 0) is 160 Å². The second-order valence-electron chi connectivity index (χ2n) is 19.5. The standard InChI is InChI=1S/C68H36N4S12.Cu/c1-13-37(73-25-1)49-50(38-14-2-26-74-38)62-58(46-22-10-34-82-46)64-53(41-17-5-29-77-41)54(42-18-6-30-78-42)66(71-64)60(48-24-12-36-84-48)68-56(44-20-8-32-80-44)55(43-19-7-31-79-43)67(72-68)59(47-23-11-35-83-47)65-52(40-16-4-28-76-40)51(39-15-3-27-75-39)63(70-65)57(61(49)69-62)45-21-9-33-81-45;/h1-36H;/q-2;+2. The van der Waals surface area contributed by atoms with Gasteiger partial charge >= 0.3 is 17.1 Å². The summed E-state index contributed by atoms with van der Waals surface area (Å²) in [5.41, 5.74) is 18.0. The maximum atomic E-state index is 6.33. The third kappa shape index (κ3) is 9.01. The van der Waals surface area contributed by atoms with Crippen LogP contribution in [-0.2, 0) is 17.1 Å². The Hall–Kier alpha value is -6.48. The van der Waals surface area contributed by atoms with Gasteiger partial charge in [0.05, 0.1) is 22.8 Å². The molecule has 16 heterocycles. The Labute approximate surface area is 547 Å². The molecule has 3 aliphatic rings. The van der Waals surface area contributed by atoms with Crippen molar-refractivity contribution in [1.82, 2.24) is 9.97 Å². The van der Waals surface area contributed by atoms with E-state index in [4.69, 9.17) is 20.0 Å². The molecule has 1 aliphatic carbocycles. The normalized spacial score (nSPS) is 14.4. The topological polar surface area (TPSA) is 52.9 Å². The summed E-state index contributed by atoms with van der Waals surface area (Å²) in [6.45, 7) is 0. The van der Waals surface area contributed by atoms with Crippen LogP contribution in [0.4, 0.5) is 0 Å². The van der Waals surface area contributed by atoms with Crippen molar-refractivity contribution in [3.8, 4) is 41.8 Å². The van der Waals surface area contributed by atoms with Crippen molar-refractivity contribution in [2.24, 2.45) is 9.98 Å². The van der Waals surface area contributed by atoms with Gasteiger partial charge in [-0.2, -0.15) is 0 Å². The molecule has 85 heavy (non-hydrogen) atoms. The van der Waals surface area contributed by atoms with Crippen LogP contribution in [0.15, 0.2) is 232 Å². The van der Waals surface area contributed by atoms with E-state index in [0.29, 0.717) is 0 Å². The first-order valence-electron chi connectivity index (χ1n) is 26.5. The third-order valence-electron chi connectivity index (χ3n) is 14.9. The molecule has 2 aliphatic heterocycles. The Balaban J connectivity index is 0.00000588. The summed E-state index contributed by atoms with van der Waals surface area (Å²) >= 11 is 21.0. The number of fused-ring (bicyclic) bond motifs is 10. The summed E-state index contributed by atoms with van der Waals surface area (Å²) in [7, 11) is 0. The number of thiophene rings is 12. The Kier molecular flexibility index (Phi) is 14.4. The fourth-order valence-corrected chi connectivity index (χ4v) is 20.9. The minimum atomic E-state index is 0. The molecule has 4 nitrogen and oxygen atoms in total. The van der Waals surface area contributed by atoms with E-state index in [-0.39, 0.29) is 17.1 Å². The molecule has 1 radical (unpaired) electrons. The Morgan fingerprint density at radius 3 is 0.706 bits per heavy atom. The van der Waals surface area contributed by atoms with Crippen molar-refractivity contribution in [3.05, 3.63) is 283 Å². The number of hydrogen-bond acceptors (Lipinski definition) is 14. The quantitative estimate of drug-likeness (QED) is 0.114. The van der Waals surface area contributed by atoms with E-state index in [1.807, 2.05) is 0 Å². The van der Waals surface area contributed by atoms with Crippen molar-refractivity contribution in [1.29, 1.82) is 0 Å². The van der Waals surface area contributed by atoms with Gasteiger partial charge in [-0.1, -0.05) is 72.8 Å². The van der Waals surface area contributed by atoms with Crippen molar-refractivity contribution >= 4 is 192 Å². The molecule has 0 fully saturated rings. The smallest absolute Gasteiger partial charge is 0.656 e. The van der Waals surface area contributed by atoms with Crippen molar-refractivity contribution in [3.63, 3.8) is 0 Å². The van der Waals surface area contributed by atoms with Crippen LogP contribution in [0.5, 0.6) is 0 Å². The molecule has 0 N–H and O–H groups in total. The first kappa shape index (κ1) is 54.0. The van der Waals surface area contributed by atoms with Gasteiger partial charge in [-0.3, -0.25) is 0 Å². The van der Waals surface area contributed by atoms with E-state index >= 15 is 0 Å². The van der Waals surface area contributed by atoms with Crippen LogP contribution < -0.4 is 20.7 Å². The van der Waals surface area contributed by atoms with Gasteiger partial charge in [0.25, 0.3) is 0 Å². The Morgan fingerprint density at radius 1 is 0.224 bits per heavy atom. The molecule has 8 bridgehead atoms. The molecule has 17 heteroatoms. The summed E-state index contributed by atoms with van der Waals surface area (Å²) in [4.78, 5) is 38.8. The summed E-state index contributed by atoms with van der Waals surface area (Å²) in [5, 5.41) is 28.2. The van der Waals surface area contributed by atoms with Crippen LogP contribution in [0.1, 0.15) is 50.4 Å². The largest absolute Gasteiger partial charge is 2.00 e. The number of aliphatic imine (C=N–C) groups is 2. The average molecular weight is 1360 g/mol. The molecule has 17 rings (SSSR count). The molecule has 0 atom stereocenters. The zero-order chi connectivity index (χ0) is 55.2. The number of aromatic nitrogens is 2. The Morgan fingerprint density at radius 2 is 0.447 bits per heavy atom. The average Bonchev–Trinajstić information content (AvgIpc) is 1.72. The molecular weight excluding hydrogens is 1320 g/mol. The predicted molar refractivity (Wildman–Crippen MR) is 372 cm³/mol. The van der Waals surface area contributed by atoms with E-state index < -0.39 is 0 Å². The monoisotopic (exact) mass is 1350 g/mol. The van der Waals surface area contributed by atoms with E-state index in [9.17, 15) is 0 Å². The predicted octanol–water partition coefficient (Wildman–Crippen LogP) is 20.8. The number of rotatable bonds is 12. The molecule has 0 amide bonds. The van der Waals surface area contributed by atoms with Gasteiger partial charge < -0.3 is 9.97 Å². The number of allylic oxidation sites excluding steroid dienone is 4. The van der Waals surface area contributed by atoms with Crippen molar-refractivity contribution < 1.29 is 17.1 Å². The van der Waals surface area contributed by atoms with Crippen LogP contribution >= 0.6 is 136 Å². The zero-order valence-corrected chi connectivity index (χ0v) is 54.5. The number of nitrogens with zero attached hydrogens (tertiary/aromatic N) is 4. The molecule has 0 saturated heterocycles. The number of hydrogen-bond donors (Lipinski definition) is 0. The van der Waals surface area contributed by atoms with Crippen LogP contribution in [0.3, 0.4) is 0 Å². The van der Waals surface area contributed by atoms with Gasteiger partial charge in [0.2, 0.25) is 0 Å². The van der Waals surface area contributed by atoms with Gasteiger partial charge in [0.15, 0.2) is 0 Å². The molecule has 0 spiro atoms. The molecule has 14 aromatic rings. The Bertz CT molecular complexity index is 4710. The zero-order valence-electron chi connectivity index (χ0n) is 43.8. The van der Waals surface area contributed by atoms with Gasteiger partial charge in [0, 0.05) is 103 Å². The van der Waals surface area contributed by atoms with Crippen molar-refractivity contribution in [2.45, 2.75) is 0 Å². The second kappa shape index (κ2) is 22.7. The van der Waals surface area contributed by atoms with Crippen LogP contribution in [0.2, 0.25) is 0 Å². The van der Waals surface area contributed by atoms with Crippen molar-refractivity contribution in [2.75, 3.05) is 0 Å². The SMILES string of the molecule is [Cu+2].c1csc(C2=C(c3cccs3)C3=C(c4cccs4)c4[n-]c(c(-c5cccs5)c4-c4cccs4)C(c4cccs4)=C4N=C(C(c5cccs5)=C4c4cccs4)C(c4cccs4)=c4[n-]c(c(-c5cccs5)c4-c4cccs4)=C(c4cccs4)C2=N3)c1. The van der Waals surface area contributed by atoms with Gasteiger partial charge in [-0.15, -0.1) is 158 Å². The van der Waals surface area contributed by atoms with E-state index in [1.54, 1.807) is 136 Å². The first-order valence-corrected chi connectivity index (χ1v) is 37.1. The molecule has 14 aromatic heterocycles. The molecule has 0 unspecified atom stereocenters. The maximum Gasteiger partial charge on any atom is 2.00 e. The first-order chi connectivity index (χ1) is 41.7. The van der Waals surface area contributed by atoms with Crippen LogP contribution in [0.25, 0.3) is 86.3 Å². The second-order valence-corrected chi connectivity index (χ2v) is 30.8. The molecular formula is C68H36CuN4S12. The van der Waals surface area contributed by atoms with E-state index in [1.165, 1.54) is 0 Å². The van der Waals surface area contributed by atoms with E-state index in [0.717, 1.165) is 170 Å². The molecule has 0 aromatic carbocycles.